The molecule has 1 spiro atoms. The van der Waals surface area contributed by atoms with Gasteiger partial charge in [-0.3, -0.25) is 4.79 Å². The molecule has 2 aliphatic rings. The summed E-state index contributed by atoms with van der Waals surface area (Å²) in [5.74, 6) is 1.73. The van der Waals surface area contributed by atoms with Crippen LogP contribution in [0, 0.1) is 17.8 Å². The molecular weight excluding hydrogens is 198 g/mol. The van der Waals surface area contributed by atoms with Crippen LogP contribution in [0.25, 0.3) is 0 Å². The van der Waals surface area contributed by atoms with E-state index in [-0.39, 0.29) is 11.5 Å². The predicted octanol–water partition coefficient (Wildman–Crippen LogP) is 3.12. The molecule has 0 bridgehead atoms. The van der Waals surface area contributed by atoms with Gasteiger partial charge >= 0.3 is 0 Å². The van der Waals surface area contributed by atoms with Crippen molar-refractivity contribution in [3.63, 3.8) is 0 Å². The third-order valence-electron chi connectivity index (χ3n) is 4.97. The first kappa shape index (κ1) is 11.9. The minimum absolute atomic E-state index is 0.157. The molecule has 1 amide bonds. The summed E-state index contributed by atoms with van der Waals surface area (Å²) in [6.07, 6.45) is 7.53. The van der Waals surface area contributed by atoms with Gasteiger partial charge in [0.15, 0.2) is 0 Å². The second-order valence-corrected chi connectivity index (χ2v) is 5.91. The summed E-state index contributed by atoms with van der Waals surface area (Å²) in [6, 6.07) is 0. The van der Waals surface area contributed by atoms with Crippen molar-refractivity contribution in [1.29, 1.82) is 0 Å². The van der Waals surface area contributed by atoms with E-state index >= 15 is 0 Å². The normalized spacial score (nSPS) is 35.1. The molecule has 2 rings (SSSR count). The second kappa shape index (κ2) is 4.38. The predicted molar refractivity (Wildman–Crippen MR) is 66.1 cm³/mol. The lowest BCUT2D eigenvalue weighted by atomic mass is 9.66. The monoisotopic (exact) mass is 223 g/mol. The molecule has 0 aromatic heterocycles. The lowest BCUT2D eigenvalue weighted by Crippen LogP contribution is -2.49. The van der Waals surface area contributed by atoms with Crippen molar-refractivity contribution in [2.45, 2.75) is 64.8 Å². The number of hydrogen-bond donors (Lipinski definition) is 1. The van der Waals surface area contributed by atoms with Crippen molar-refractivity contribution >= 4 is 5.91 Å². The smallest absolute Gasteiger partial charge is 0.223 e. The van der Waals surface area contributed by atoms with Crippen molar-refractivity contribution in [1.82, 2.24) is 5.32 Å². The third kappa shape index (κ3) is 1.76. The molecule has 3 unspecified atom stereocenters. The van der Waals surface area contributed by atoms with Gasteiger partial charge in [-0.25, -0.2) is 0 Å². The highest BCUT2D eigenvalue weighted by molar-refractivity contribution is 5.82. The van der Waals surface area contributed by atoms with Gasteiger partial charge in [0.25, 0.3) is 0 Å². The van der Waals surface area contributed by atoms with Gasteiger partial charge in [0.1, 0.15) is 0 Å². The fraction of sp³-hybridized carbons (Fsp3) is 0.929. The number of hydrogen-bond acceptors (Lipinski definition) is 1. The molecule has 2 fully saturated rings. The second-order valence-electron chi connectivity index (χ2n) is 5.91. The van der Waals surface area contributed by atoms with Crippen molar-refractivity contribution in [2.75, 3.05) is 0 Å². The Balaban J connectivity index is 2.24. The molecule has 0 radical (unpaired) electrons. The van der Waals surface area contributed by atoms with Crippen molar-refractivity contribution in [3.8, 4) is 0 Å². The molecule has 2 nitrogen and oxygen atoms in total. The summed E-state index contributed by atoms with van der Waals surface area (Å²) in [4.78, 5) is 12.0. The number of carbonyl (C=O) groups is 1. The number of nitrogens with one attached hydrogen (secondary N) is 1. The Kier molecular flexibility index (Phi) is 3.27. The van der Waals surface area contributed by atoms with Gasteiger partial charge < -0.3 is 5.32 Å². The number of amides is 1. The van der Waals surface area contributed by atoms with Gasteiger partial charge in [-0.05, 0) is 24.7 Å². The average Bonchev–Trinajstić information content (AvgIpc) is 2.51. The lowest BCUT2D eigenvalue weighted by molar-refractivity contribution is -0.123. The van der Waals surface area contributed by atoms with Gasteiger partial charge in [0.2, 0.25) is 5.91 Å². The fourth-order valence-corrected chi connectivity index (χ4v) is 4.02. The Morgan fingerprint density at radius 1 is 1.38 bits per heavy atom. The first-order valence-corrected chi connectivity index (χ1v) is 6.93. The van der Waals surface area contributed by atoms with E-state index in [1.807, 2.05) is 0 Å². The van der Waals surface area contributed by atoms with E-state index in [4.69, 9.17) is 0 Å². The van der Waals surface area contributed by atoms with Crippen LogP contribution in [0.2, 0.25) is 0 Å². The Morgan fingerprint density at radius 3 is 2.56 bits per heavy atom. The fourth-order valence-electron chi connectivity index (χ4n) is 4.02. The zero-order valence-corrected chi connectivity index (χ0v) is 10.9. The zero-order valence-electron chi connectivity index (χ0n) is 10.9. The van der Waals surface area contributed by atoms with Crippen LogP contribution in [0.3, 0.4) is 0 Å². The Morgan fingerprint density at radius 2 is 2.00 bits per heavy atom. The SMILES string of the molecule is CCC(C)C1C(C)C(=O)NC12CCCCC2. The van der Waals surface area contributed by atoms with E-state index in [0.717, 1.165) is 0 Å². The van der Waals surface area contributed by atoms with Crippen LogP contribution in [0.15, 0.2) is 0 Å². The first-order chi connectivity index (χ1) is 7.60. The van der Waals surface area contributed by atoms with E-state index in [2.05, 4.69) is 26.1 Å². The maximum atomic E-state index is 12.0. The Labute approximate surface area is 99.2 Å². The van der Waals surface area contributed by atoms with E-state index in [0.29, 0.717) is 17.7 Å². The highest BCUT2D eigenvalue weighted by atomic mass is 16.2. The minimum atomic E-state index is 0.157. The summed E-state index contributed by atoms with van der Waals surface area (Å²) in [5.41, 5.74) is 0.157. The molecule has 92 valence electrons. The summed E-state index contributed by atoms with van der Waals surface area (Å²) in [6.45, 7) is 6.68. The molecule has 3 atom stereocenters. The average molecular weight is 223 g/mol. The zero-order chi connectivity index (χ0) is 11.8. The van der Waals surface area contributed by atoms with Crippen LogP contribution in [-0.2, 0) is 4.79 Å². The van der Waals surface area contributed by atoms with Crippen molar-refractivity contribution in [3.05, 3.63) is 0 Å². The quantitative estimate of drug-likeness (QED) is 0.765. The molecule has 0 aromatic rings. The third-order valence-corrected chi connectivity index (χ3v) is 4.97. The van der Waals surface area contributed by atoms with Crippen LogP contribution in [0.4, 0.5) is 0 Å². The number of carbonyl (C=O) groups excluding carboxylic acids is 1. The van der Waals surface area contributed by atoms with Gasteiger partial charge in [-0.15, -0.1) is 0 Å². The molecule has 1 aliphatic heterocycles. The molecule has 0 aromatic carbocycles. The van der Waals surface area contributed by atoms with Crippen LogP contribution in [-0.4, -0.2) is 11.4 Å². The van der Waals surface area contributed by atoms with E-state index in [9.17, 15) is 4.79 Å². The van der Waals surface area contributed by atoms with Crippen LogP contribution in [0.5, 0.6) is 0 Å². The van der Waals surface area contributed by atoms with Crippen molar-refractivity contribution < 1.29 is 4.79 Å². The Bertz CT molecular complexity index is 268. The van der Waals surface area contributed by atoms with E-state index < -0.39 is 0 Å². The Hall–Kier alpha value is -0.530. The standard InChI is InChI=1S/C14H25NO/c1-4-10(2)12-11(3)13(16)15-14(12)8-6-5-7-9-14/h10-12H,4-9H2,1-3H3,(H,15,16). The topological polar surface area (TPSA) is 29.1 Å². The van der Waals surface area contributed by atoms with Crippen molar-refractivity contribution in [2.24, 2.45) is 17.8 Å². The highest BCUT2D eigenvalue weighted by Crippen LogP contribution is 2.46. The van der Waals surface area contributed by atoms with Gasteiger partial charge in [0.05, 0.1) is 0 Å². The molecule has 2 heteroatoms. The van der Waals surface area contributed by atoms with Crippen LogP contribution >= 0.6 is 0 Å². The molecule has 1 saturated carbocycles. The van der Waals surface area contributed by atoms with Gasteiger partial charge in [-0.1, -0.05) is 46.5 Å². The van der Waals surface area contributed by atoms with E-state index in [1.165, 1.54) is 38.5 Å². The molecule has 1 N–H and O–H groups in total. The summed E-state index contributed by atoms with van der Waals surface area (Å²) < 4.78 is 0. The van der Waals surface area contributed by atoms with Crippen LogP contribution < -0.4 is 5.32 Å². The molecular formula is C14H25NO. The molecule has 1 aliphatic carbocycles. The maximum absolute atomic E-state index is 12.0. The maximum Gasteiger partial charge on any atom is 0.223 e. The number of rotatable bonds is 2. The van der Waals surface area contributed by atoms with Gasteiger partial charge in [0, 0.05) is 11.5 Å². The molecule has 1 heterocycles. The summed E-state index contributed by atoms with van der Waals surface area (Å²) in [5, 5.41) is 3.35. The summed E-state index contributed by atoms with van der Waals surface area (Å²) >= 11 is 0. The highest BCUT2D eigenvalue weighted by Gasteiger charge is 2.52. The van der Waals surface area contributed by atoms with Crippen LogP contribution in [0.1, 0.15) is 59.3 Å². The molecule has 1 saturated heterocycles. The summed E-state index contributed by atoms with van der Waals surface area (Å²) in [7, 11) is 0. The molecule has 16 heavy (non-hydrogen) atoms. The van der Waals surface area contributed by atoms with Gasteiger partial charge in [-0.2, -0.15) is 0 Å². The lowest BCUT2D eigenvalue weighted by Gasteiger charge is -2.42. The first-order valence-electron chi connectivity index (χ1n) is 6.93. The minimum Gasteiger partial charge on any atom is -0.350 e. The van der Waals surface area contributed by atoms with E-state index in [1.54, 1.807) is 0 Å². The largest absolute Gasteiger partial charge is 0.350 e.